The van der Waals surface area contributed by atoms with Crippen LogP contribution in [-0.2, 0) is 19.1 Å². The zero-order valence-corrected chi connectivity index (χ0v) is 15.0. The number of ether oxygens (including phenoxy) is 3. The summed E-state index contributed by atoms with van der Waals surface area (Å²) in [4.78, 5) is 27.4. The van der Waals surface area contributed by atoms with Crippen molar-refractivity contribution in [3.05, 3.63) is 36.4 Å². The molecule has 0 aliphatic carbocycles. The lowest BCUT2D eigenvalue weighted by atomic mass is 9.77. The molecule has 4 atom stereocenters. The fourth-order valence-corrected chi connectivity index (χ4v) is 4.16. The molecule has 3 aliphatic heterocycles. The number of amides is 1. The molecule has 3 aliphatic rings. The van der Waals surface area contributed by atoms with Crippen LogP contribution in [0.25, 0.3) is 0 Å². The zero-order chi connectivity index (χ0) is 18.3. The van der Waals surface area contributed by atoms with E-state index in [2.05, 4.69) is 0 Å². The minimum Gasteiger partial charge on any atom is -0.497 e. The summed E-state index contributed by atoms with van der Waals surface area (Å²) in [5.74, 6) is -0.765. The summed E-state index contributed by atoms with van der Waals surface area (Å²) in [5, 5.41) is 0. The van der Waals surface area contributed by atoms with Gasteiger partial charge in [-0.2, -0.15) is 0 Å². The summed E-state index contributed by atoms with van der Waals surface area (Å²) in [6.07, 6.45) is 5.25. The Kier molecular flexibility index (Phi) is 4.23. The van der Waals surface area contributed by atoms with Crippen LogP contribution < -0.4 is 9.64 Å². The van der Waals surface area contributed by atoms with Gasteiger partial charge in [-0.3, -0.25) is 9.59 Å². The van der Waals surface area contributed by atoms with Crippen molar-refractivity contribution in [2.24, 2.45) is 11.8 Å². The summed E-state index contributed by atoms with van der Waals surface area (Å²) in [5.41, 5.74) is 0.0500. The van der Waals surface area contributed by atoms with Gasteiger partial charge in [0.15, 0.2) is 0 Å². The molecule has 26 heavy (non-hydrogen) atoms. The van der Waals surface area contributed by atoms with E-state index in [-0.39, 0.29) is 18.0 Å². The van der Waals surface area contributed by atoms with Gasteiger partial charge < -0.3 is 19.1 Å². The smallest absolute Gasteiger partial charge is 0.312 e. The number of esters is 1. The highest BCUT2D eigenvalue weighted by atomic mass is 16.6. The molecule has 0 unspecified atom stereocenters. The molecule has 1 spiro atoms. The Hall–Kier alpha value is -2.34. The molecule has 1 amide bonds. The number of unbranched alkanes of at least 4 members (excludes halogenated alkanes) is 1. The lowest BCUT2D eigenvalue weighted by Gasteiger charge is -2.22. The first-order chi connectivity index (χ1) is 12.6. The van der Waals surface area contributed by atoms with Crippen LogP contribution in [-0.4, -0.2) is 43.8 Å². The molecule has 2 fully saturated rings. The standard InChI is InChI=1S/C20H23NO5/c1-3-4-11-25-19(23)16-15-9-10-20(26-15)12-21(18(22)17(16)20)13-5-7-14(24-2)8-6-13/h5-10,15-17H,3-4,11-12H2,1-2H3/t15-,16+,17-,20-/m0/s1. The number of fused-ring (bicyclic) bond motifs is 1. The first-order valence-corrected chi connectivity index (χ1v) is 9.09. The third-order valence-electron chi connectivity index (χ3n) is 5.50. The van der Waals surface area contributed by atoms with Crippen molar-refractivity contribution in [1.82, 2.24) is 0 Å². The maximum Gasteiger partial charge on any atom is 0.312 e. The van der Waals surface area contributed by atoms with Gasteiger partial charge in [0.05, 0.1) is 32.3 Å². The number of rotatable bonds is 6. The van der Waals surface area contributed by atoms with E-state index < -0.39 is 17.4 Å². The van der Waals surface area contributed by atoms with E-state index >= 15 is 0 Å². The molecule has 0 aromatic heterocycles. The average molecular weight is 357 g/mol. The molecule has 2 saturated heterocycles. The monoisotopic (exact) mass is 357 g/mol. The SMILES string of the molecule is CCCCOC(=O)[C@@H]1[C@@H]2C=C[C@@]3(CN(c4ccc(OC)cc4)C(=O)[C@H]13)O2. The van der Waals surface area contributed by atoms with Gasteiger partial charge in [0.25, 0.3) is 0 Å². The van der Waals surface area contributed by atoms with Crippen LogP contribution in [0.2, 0.25) is 0 Å². The van der Waals surface area contributed by atoms with E-state index in [4.69, 9.17) is 14.2 Å². The van der Waals surface area contributed by atoms with Gasteiger partial charge >= 0.3 is 5.97 Å². The van der Waals surface area contributed by atoms with Gasteiger partial charge in [-0.05, 0) is 30.7 Å². The van der Waals surface area contributed by atoms with Crippen LogP contribution >= 0.6 is 0 Å². The van der Waals surface area contributed by atoms with E-state index in [1.54, 1.807) is 12.0 Å². The van der Waals surface area contributed by atoms with E-state index in [0.717, 1.165) is 24.3 Å². The third kappa shape index (κ3) is 2.51. The van der Waals surface area contributed by atoms with Gasteiger partial charge in [-0.15, -0.1) is 0 Å². The summed E-state index contributed by atoms with van der Waals surface area (Å²) >= 11 is 0. The molecule has 0 radical (unpaired) electrons. The van der Waals surface area contributed by atoms with Gasteiger partial charge in [0, 0.05) is 5.69 Å². The minimum absolute atomic E-state index is 0.0838. The molecule has 1 aromatic carbocycles. The maximum atomic E-state index is 13.1. The predicted octanol–water partition coefficient (Wildman–Crippen LogP) is 2.32. The second kappa shape index (κ2) is 6.43. The number of methoxy groups -OCH3 is 1. The molecule has 1 aromatic rings. The Bertz CT molecular complexity index is 743. The number of anilines is 1. The fourth-order valence-electron chi connectivity index (χ4n) is 4.16. The molecular formula is C20H23NO5. The summed E-state index contributed by atoms with van der Waals surface area (Å²) in [6, 6.07) is 7.33. The first kappa shape index (κ1) is 17.1. The molecule has 3 heterocycles. The van der Waals surface area contributed by atoms with Crippen molar-refractivity contribution >= 4 is 17.6 Å². The van der Waals surface area contributed by atoms with Crippen LogP contribution in [0, 0.1) is 11.8 Å². The Morgan fingerprint density at radius 1 is 1.35 bits per heavy atom. The molecule has 0 saturated carbocycles. The summed E-state index contributed by atoms with van der Waals surface area (Å²) < 4.78 is 16.7. The average Bonchev–Trinajstić information content (AvgIpc) is 3.30. The molecule has 2 bridgehead atoms. The van der Waals surface area contributed by atoms with Crippen LogP contribution in [0.1, 0.15) is 19.8 Å². The molecule has 4 rings (SSSR count). The van der Waals surface area contributed by atoms with E-state index in [1.807, 2.05) is 43.3 Å². The second-order valence-corrected chi connectivity index (χ2v) is 7.04. The second-order valence-electron chi connectivity index (χ2n) is 7.04. The molecular weight excluding hydrogens is 334 g/mol. The molecule has 6 heteroatoms. The Morgan fingerprint density at radius 2 is 2.12 bits per heavy atom. The number of carbonyl (C=O) groups excluding carboxylic acids is 2. The van der Waals surface area contributed by atoms with Crippen molar-refractivity contribution in [2.75, 3.05) is 25.2 Å². The Morgan fingerprint density at radius 3 is 2.81 bits per heavy atom. The highest BCUT2D eigenvalue weighted by Gasteiger charge is 2.67. The van der Waals surface area contributed by atoms with Crippen LogP contribution in [0.15, 0.2) is 36.4 Å². The van der Waals surface area contributed by atoms with Crippen molar-refractivity contribution < 1.29 is 23.8 Å². The summed E-state index contributed by atoms with van der Waals surface area (Å²) in [7, 11) is 1.60. The third-order valence-corrected chi connectivity index (χ3v) is 5.50. The maximum absolute atomic E-state index is 13.1. The minimum atomic E-state index is -0.726. The van der Waals surface area contributed by atoms with E-state index in [9.17, 15) is 9.59 Å². The number of benzene rings is 1. The number of nitrogens with zero attached hydrogens (tertiary/aromatic N) is 1. The lowest BCUT2D eigenvalue weighted by molar-refractivity contribution is -0.152. The number of hydrogen-bond acceptors (Lipinski definition) is 5. The normalized spacial score (nSPS) is 31.4. The largest absolute Gasteiger partial charge is 0.497 e. The topological polar surface area (TPSA) is 65.1 Å². The van der Waals surface area contributed by atoms with Gasteiger partial charge in [0.1, 0.15) is 17.3 Å². The van der Waals surface area contributed by atoms with Crippen LogP contribution in [0.5, 0.6) is 5.75 Å². The Labute approximate surface area is 152 Å². The van der Waals surface area contributed by atoms with Crippen LogP contribution in [0.3, 0.4) is 0 Å². The fraction of sp³-hybridized carbons (Fsp3) is 0.500. The Balaban J connectivity index is 1.57. The van der Waals surface area contributed by atoms with E-state index in [0.29, 0.717) is 13.2 Å². The summed E-state index contributed by atoms with van der Waals surface area (Å²) in [6.45, 7) is 2.84. The highest BCUT2D eigenvalue weighted by Crippen LogP contribution is 2.52. The first-order valence-electron chi connectivity index (χ1n) is 9.09. The number of hydrogen-bond donors (Lipinski definition) is 0. The van der Waals surface area contributed by atoms with Crippen molar-refractivity contribution in [3.63, 3.8) is 0 Å². The molecule has 6 nitrogen and oxygen atoms in total. The van der Waals surface area contributed by atoms with E-state index in [1.165, 1.54) is 0 Å². The van der Waals surface area contributed by atoms with Crippen molar-refractivity contribution in [2.45, 2.75) is 31.5 Å². The number of carbonyl (C=O) groups is 2. The highest BCUT2D eigenvalue weighted by molar-refractivity contribution is 6.02. The van der Waals surface area contributed by atoms with Crippen molar-refractivity contribution in [3.8, 4) is 5.75 Å². The zero-order valence-electron chi connectivity index (χ0n) is 15.0. The van der Waals surface area contributed by atoms with Gasteiger partial charge in [-0.25, -0.2) is 0 Å². The predicted molar refractivity (Wildman–Crippen MR) is 94.9 cm³/mol. The van der Waals surface area contributed by atoms with Crippen molar-refractivity contribution in [1.29, 1.82) is 0 Å². The lowest BCUT2D eigenvalue weighted by Crippen LogP contribution is -2.40. The molecule has 0 N–H and O–H groups in total. The van der Waals surface area contributed by atoms with Gasteiger partial charge in [0.2, 0.25) is 5.91 Å². The van der Waals surface area contributed by atoms with Crippen LogP contribution in [0.4, 0.5) is 5.69 Å². The quantitative estimate of drug-likeness (QED) is 0.444. The van der Waals surface area contributed by atoms with Gasteiger partial charge in [-0.1, -0.05) is 25.5 Å². The molecule has 138 valence electrons.